The van der Waals surface area contributed by atoms with E-state index in [-0.39, 0.29) is 23.7 Å². The van der Waals surface area contributed by atoms with E-state index < -0.39 is 12.0 Å². The molecule has 0 aromatic heterocycles. The molecular weight excluding hydrogens is 297 g/mol. The van der Waals surface area contributed by atoms with Crippen molar-refractivity contribution in [3.05, 3.63) is 40.4 Å². The van der Waals surface area contributed by atoms with Gasteiger partial charge >= 0.3 is 5.97 Å². The van der Waals surface area contributed by atoms with Gasteiger partial charge in [-0.1, -0.05) is 6.08 Å². The minimum Gasteiger partial charge on any atom is -0.506 e. The van der Waals surface area contributed by atoms with Gasteiger partial charge in [-0.3, -0.25) is 0 Å². The van der Waals surface area contributed by atoms with Crippen molar-refractivity contribution < 1.29 is 15.0 Å². The van der Waals surface area contributed by atoms with Crippen LogP contribution in [0.3, 0.4) is 0 Å². The number of carbonyl (C=O) groups is 1. The average Bonchev–Trinajstić information content (AvgIpc) is 2.20. The normalized spacial score (nSPS) is 11.4. The van der Waals surface area contributed by atoms with Gasteiger partial charge in [0.2, 0.25) is 0 Å². The van der Waals surface area contributed by atoms with E-state index in [0.29, 0.717) is 10.0 Å². The molecule has 4 nitrogen and oxygen atoms in total. The standard InChI is InChI=1S/C10H10BrNO3.ClH/c1-2-8(12)6-3-5(10(14)15)4-7(11)9(6)13;/h2-4,8,13H,1,12H2,(H,14,15);1H/t8-;/m0./s1. The average molecular weight is 309 g/mol. The highest BCUT2D eigenvalue weighted by Gasteiger charge is 2.15. The van der Waals surface area contributed by atoms with Gasteiger partial charge in [0.05, 0.1) is 16.1 Å². The van der Waals surface area contributed by atoms with Crippen molar-refractivity contribution >= 4 is 34.3 Å². The summed E-state index contributed by atoms with van der Waals surface area (Å²) in [6.45, 7) is 3.48. The third kappa shape index (κ3) is 2.98. The van der Waals surface area contributed by atoms with E-state index in [1.807, 2.05) is 0 Å². The second kappa shape index (κ2) is 5.89. The van der Waals surface area contributed by atoms with Crippen LogP contribution in [0.4, 0.5) is 0 Å². The highest BCUT2D eigenvalue weighted by molar-refractivity contribution is 9.10. The summed E-state index contributed by atoms with van der Waals surface area (Å²) in [5.41, 5.74) is 6.03. The number of carboxylic acid groups (broad SMARTS) is 1. The minimum absolute atomic E-state index is 0. The van der Waals surface area contributed by atoms with Crippen LogP contribution in [0, 0.1) is 0 Å². The van der Waals surface area contributed by atoms with Gasteiger partial charge in [0, 0.05) is 5.56 Å². The van der Waals surface area contributed by atoms with Crippen LogP contribution in [0.15, 0.2) is 29.3 Å². The smallest absolute Gasteiger partial charge is 0.335 e. The second-order valence-electron chi connectivity index (χ2n) is 2.96. The maximum atomic E-state index is 10.8. The molecule has 16 heavy (non-hydrogen) atoms. The maximum Gasteiger partial charge on any atom is 0.335 e. The molecule has 1 atom stereocenters. The number of hydrogen-bond donors (Lipinski definition) is 3. The Morgan fingerprint density at radius 2 is 2.12 bits per heavy atom. The molecule has 0 aliphatic rings. The van der Waals surface area contributed by atoms with E-state index in [4.69, 9.17) is 10.8 Å². The predicted octanol–water partition coefficient (Wildman–Crippen LogP) is 2.46. The van der Waals surface area contributed by atoms with Crippen molar-refractivity contribution in [2.24, 2.45) is 5.73 Å². The predicted molar refractivity (Wildman–Crippen MR) is 67.1 cm³/mol. The summed E-state index contributed by atoms with van der Waals surface area (Å²) in [6.07, 6.45) is 1.42. The van der Waals surface area contributed by atoms with Crippen molar-refractivity contribution in [1.29, 1.82) is 0 Å². The Hall–Kier alpha value is -1.04. The molecule has 0 unspecified atom stereocenters. The van der Waals surface area contributed by atoms with Crippen LogP contribution in [0.1, 0.15) is 22.0 Å². The highest BCUT2D eigenvalue weighted by atomic mass is 79.9. The molecule has 0 fully saturated rings. The monoisotopic (exact) mass is 307 g/mol. The van der Waals surface area contributed by atoms with Crippen molar-refractivity contribution in [3.8, 4) is 5.75 Å². The zero-order valence-corrected chi connectivity index (χ0v) is 10.6. The number of aromatic carboxylic acids is 1. The first-order valence-electron chi connectivity index (χ1n) is 4.11. The molecule has 0 spiro atoms. The molecule has 1 rings (SSSR count). The van der Waals surface area contributed by atoms with Gasteiger partial charge < -0.3 is 15.9 Å². The van der Waals surface area contributed by atoms with E-state index in [0.717, 1.165) is 0 Å². The molecule has 88 valence electrons. The lowest BCUT2D eigenvalue weighted by Gasteiger charge is -2.11. The van der Waals surface area contributed by atoms with E-state index in [1.165, 1.54) is 18.2 Å². The Morgan fingerprint density at radius 1 is 1.56 bits per heavy atom. The van der Waals surface area contributed by atoms with Crippen LogP contribution in [0.2, 0.25) is 0 Å². The summed E-state index contributed by atoms with van der Waals surface area (Å²) >= 11 is 3.06. The van der Waals surface area contributed by atoms with E-state index in [2.05, 4.69) is 22.5 Å². The number of rotatable bonds is 3. The van der Waals surface area contributed by atoms with Gasteiger partial charge in [0.15, 0.2) is 0 Å². The van der Waals surface area contributed by atoms with Crippen LogP contribution < -0.4 is 5.73 Å². The lowest BCUT2D eigenvalue weighted by Crippen LogP contribution is -2.09. The van der Waals surface area contributed by atoms with Crippen molar-refractivity contribution in [3.63, 3.8) is 0 Å². The Bertz CT molecular complexity index is 423. The summed E-state index contributed by atoms with van der Waals surface area (Å²) < 4.78 is 0.301. The fourth-order valence-electron chi connectivity index (χ4n) is 1.12. The third-order valence-corrected chi connectivity index (χ3v) is 2.56. The summed E-state index contributed by atoms with van der Waals surface area (Å²) in [4.78, 5) is 10.8. The van der Waals surface area contributed by atoms with Gasteiger partial charge in [-0.25, -0.2) is 4.79 Å². The first-order chi connectivity index (χ1) is 6.97. The van der Waals surface area contributed by atoms with Gasteiger partial charge in [-0.2, -0.15) is 0 Å². The minimum atomic E-state index is -1.08. The van der Waals surface area contributed by atoms with Crippen LogP contribution in [0.25, 0.3) is 0 Å². The molecule has 0 heterocycles. The van der Waals surface area contributed by atoms with E-state index in [1.54, 1.807) is 0 Å². The first kappa shape index (κ1) is 15.0. The number of phenolic OH excluding ortho intramolecular Hbond substituents is 1. The van der Waals surface area contributed by atoms with Gasteiger partial charge in [-0.05, 0) is 28.1 Å². The summed E-state index contributed by atoms with van der Waals surface area (Å²) in [7, 11) is 0. The van der Waals surface area contributed by atoms with Crippen molar-refractivity contribution in [2.75, 3.05) is 0 Å². The molecule has 0 aliphatic carbocycles. The summed E-state index contributed by atoms with van der Waals surface area (Å²) in [5, 5.41) is 18.4. The number of aromatic hydroxyl groups is 1. The molecule has 6 heteroatoms. The third-order valence-electron chi connectivity index (χ3n) is 1.95. The highest BCUT2D eigenvalue weighted by Crippen LogP contribution is 2.32. The number of phenols is 1. The molecular formula is C10H11BrClNO3. The summed E-state index contributed by atoms with van der Waals surface area (Å²) in [5.74, 6) is -1.14. The number of benzene rings is 1. The SMILES string of the molecule is C=C[C@H](N)c1cc(C(=O)O)cc(Br)c1O.Cl. The lowest BCUT2D eigenvalue weighted by atomic mass is 10.0. The quantitative estimate of drug-likeness (QED) is 0.749. The molecule has 0 bridgehead atoms. The Balaban J connectivity index is 0.00000225. The topological polar surface area (TPSA) is 83.6 Å². The number of nitrogens with two attached hydrogens (primary N) is 1. The van der Waals surface area contributed by atoms with Crippen LogP contribution in [-0.4, -0.2) is 16.2 Å². The fourth-order valence-corrected chi connectivity index (χ4v) is 1.60. The van der Waals surface area contributed by atoms with Gasteiger partial charge in [0.25, 0.3) is 0 Å². The molecule has 4 N–H and O–H groups in total. The zero-order chi connectivity index (χ0) is 11.6. The number of carboxylic acids is 1. The summed E-state index contributed by atoms with van der Waals surface area (Å²) in [6, 6.07) is 2.05. The molecule has 0 aliphatic heterocycles. The second-order valence-corrected chi connectivity index (χ2v) is 3.82. The molecule has 0 saturated carbocycles. The molecule has 0 saturated heterocycles. The fraction of sp³-hybridized carbons (Fsp3) is 0.100. The Kier molecular flexibility index (Phi) is 5.50. The molecule has 0 radical (unpaired) electrons. The molecule has 0 amide bonds. The van der Waals surface area contributed by atoms with Gasteiger partial charge in [-0.15, -0.1) is 19.0 Å². The number of halogens is 2. The first-order valence-corrected chi connectivity index (χ1v) is 4.90. The zero-order valence-electron chi connectivity index (χ0n) is 8.18. The molecule has 1 aromatic carbocycles. The molecule has 1 aromatic rings. The van der Waals surface area contributed by atoms with Crippen LogP contribution in [0.5, 0.6) is 5.75 Å². The Labute approximate surface area is 107 Å². The van der Waals surface area contributed by atoms with E-state index >= 15 is 0 Å². The van der Waals surface area contributed by atoms with Crippen molar-refractivity contribution in [2.45, 2.75) is 6.04 Å². The van der Waals surface area contributed by atoms with Crippen LogP contribution in [-0.2, 0) is 0 Å². The Morgan fingerprint density at radius 3 is 2.56 bits per heavy atom. The lowest BCUT2D eigenvalue weighted by molar-refractivity contribution is 0.0696. The van der Waals surface area contributed by atoms with E-state index in [9.17, 15) is 9.90 Å². The largest absolute Gasteiger partial charge is 0.506 e. The van der Waals surface area contributed by atoms with Gasteiger partial charge in [0.1, 0.15) is 5.75 Å². The van der Waals surface area contributed by atoms with Crippen LogP contribution >= 0.6 is 28.3 Å². The van der Waals surface area contributed by atoms with Crippen molar-refractivity contribution in [1.82, 2.24) is 0 Å². The maximum absolute atomic E-state index is 10.8. The number of hydrogen-bond acceptors (Lipinski definition) is 3.